The number of fused-ring (bicyclic) bond motifs is 2. The zero-order valence-corrected chi connectivity index (χ0v) is 16.5. The number of piperidine rings is 2. The Morgan fingerprint density at radius 3 is 2.71 bits per heavy atom. The molecule has 1 aromatic carbocycles. The van der Waals surface area contributed by atoms with Crippen molar-refractivity contribution in [1.29, 1.82) is 0 Å². The van der Waals surface area contributed by atoms with Gasteiger partial charge >= 0.3 is 6.03 Å². The number of nitrogens with zero attached hydrogens (tertiary/aromatic N) is 2. The fourth-order valence-electron chi connectivity index (χ4n) is 5.02. The lowest BCUT2D eigenvalue weighted by atomic mass is 9.78. The first kappa shape index (κ1) is 19.1. The van der Waals surface area contributed by atoms with Crippen LogP contribution in [0.15, 0.2) is 18.2 Å². The van der Waals surface area contributed by atoms with Crippen LogP contribution in [0.3, 0.4) is 0 Å². The van der Waals surface area contributed by atoms with Crippen LogP contribution in [0.2, 0.25) is 0 Å². The molecule has 2 saturated heterocycles. The second-order valence-electron chi connectivity index (χ2n) is 8.04. The summed E-state index contributed by atoms with van der Waals surface area (Å²) in [6.45, 7) is 3.09. The standard InChI is InChI=1S/C21H29N3O4/c1-27-17-6-2-4-15-7-13-28-21(18(15)17)8-11-23(12-9-21)19(25)16-5-3-10-24(14-16)20(22)26/h2,4,6,16H,3,5,7-14H2,1H3,(H2,22,26). The largest absolute Gasteiger partial charge is 0.496 e. The van der Waals surface area contributed by atoms with Crippen molar-refractivity contribution in [3.8, 4) is 5.75 Å². The van der Waals surface area contributed by atoms with Crippen LogP contribution in [0.4, 0.5) is 4.79 Å². The van der Waals surface area contributed by atoms with Crippen molar-refractivity contribution in [2.45, 2.75) is 37.7 Å². The molecule has 1 aromatic rings. The number of carbonyl (C=O) groups excluding carboxylic acids is 2. The summed E-state index contributed by atoms with van der Waals surface area (Å²) < 4.78 is 11.9. The second-order valence-corrected chi connectivity index (χ2v) is 8.04. The highest BCUT2D eigenvalue weighted by Gasteiger charge is 2.44. The smallest absolute Gasteiger partial charge is 0.314 e. The molecular weight excluding hydrogens is 358 g/mol. The number of urea groups is 1. The molecule has 0 aromatic heterocycles. The Bertz CT molecular complexity index is 744. The summed E-state index contributed by atoms with van der Waals surface area (Å²) >= 11 is 0. The fraction of sp³-hybridized carbons (Fsp3) is 0.619. The average molecular weight is 387 g/mol. The zero-order valence-electron chi connectivity index (χ0n) is 16.5. The number of amides is 3. The van der Waals surface area contributed by atoms with E-state index in [1.165, 1.54) is 5.56 Å². The van der Waals surface area contributed by atoms with E-state index in [4.69, 9.17) is 15.2 Å². The van der Waals surface area contributed by atoms with E-state index in [1.54, 1.807) is 12.0 Å². The van der Waals surface area contributed by atoms with E-state index < -0.39 is 6.03 Å². The molecule has 0 radical (unpaired) electrons. The summed E-state index contributed by atoms with van der Waals surface area (Å²) in [6, 6.07) is 5.74. The Hall–Kier alpha value is -2.28. The summed E-state index contributed by atoms with van der Waals surface area (Å²) in [5.41, 5.74) is 7.48. The van der Waals surface area contributed by atoms with Gasteiger partial charge in [-0.3, -0.25) is 4.79 Å². The maximum absolute atomic E-state index is 13.0. The van der Waals surface area contributed by atoms with E-state index in [2.05, 4.69) is 6.07 Å². The summed E-state index contributed by atoms with van der Waals surface area (Å²) in [5.74, 6) is 0.864. The lowest BCUT2D eigenvalue weighted by molar-refractivity contribution is -0.146. The summed E-state index contributed by atoms with van der Waals surface area (Å²) in [6.07, 6.45) is 4.06. The van der Waals surface area contributed by atoms with Crippen molar-refractivity contribution in [2.24, 2.45) is 11.7 Å². The molecule has 152 valence electrons. The van der Waals surface area contributed by atoms with Crippen LogP contribution in [0.5, 0.6) is 5.75 Å². The van der Waals surface area contributed by atoms with Crippen molar-refractivity contribution in [2.75, 3.05) is 39.9 Å². The van der Waals surface area contributed by atoms with Crippen LogP contribution >= 0.6 is 0 Å². The van der Waals surface area contributed by atoms with Crippen molar-refractivity contribution in [3.63, 3.8) is 0 Å². The summed E-state index contributed by atoms with van der Waals surface area (Å²) in [4.78, 5) is 28.0. The monoisotopic (exact) mass is 387 g/mol. The van der Waals surface area contributed by atoms with Gasteiger partial charge in [-0.2, -0.15) is 0 Å². The number of ether oxygens (including phenoxy) is 2. The molecule has 3 aliphatic rings. The van der Waals surface area contributed by atoms with E-state index in [-0.39, 0.29) is 17.4 Å². The predicted molar refractivity (Wildman–Crippen MR) is 104 cm³/mol. The quantitative estimate of drug-likeness (QED) is 0.840. The molecule has 7 heteroatoms. The zero-order chi connectivity index (χ0) is 19.7. The van der Waals surface area contributed by atoms with Gasteiger partial charge < -0.3 is 25.0 Å². The van der Waals surface area contributed by atoms with Gasteiger partial charge in [0.15, 0.2) is 0 Å². The Labute approximate surface area is 165 Å². The Morgan fingerprint density at radius 2 is 2.00 bits per heavy atom. The number of nitrogens with two attached hydrogens (primary N) is 1. The van der Waals surface area contributed by atoms with E-state index in [1.807, 2.05) is 17.0 Å². The number of likely N-dealkylation sites (tertiary alicyclic amines) is 2. The summed E-state index contributed by atoms with van der Waals surface area (Å²) in [5, 5.41) is 0. The van der Waals surface area contributed by atoms with E-state index >= 15 is 0 Å². The van der Waals surface area contributed by atoms with Gasteiger partial charge in [-0.25, -0.2) is 4.79 Å². The van der Waals surface area contributed by atoms with Crippen LogP contribution in [-0.4, -0.2) is 61.6 Å². The molecule has 0 aliphatic carbocycles. The van der Waals surface area contributed by atoms with Crippen molar-refractivity contribution in [1.82, 2.24) is 9.80 Å². The molecule has 4 rings (SSSR count). The maximum Gasteiger partial charge on any atom is 0.314 e. The molecule has 3 aliphatic heterocycles. The third-order valence-electron chi connectivity index (χ3n) is 6.50. The number of carbonyl (C=O) groups is 2. The lowest BCUT2D eigenvalue weighted by Crippen LogP contribution is -2.52. The minimum atomic E-state index is -0.436. The molecule has 1 spiro atoms. The SMILES string of the molecule is COc1cccc2c1C1(CCN(C(=O)C3CCCN(C(N)=O)C3)CC1)OCC2. The topological polar surface area (TPSA) is 85.1 Å². The molecule has 3 heterocycles. The molecule has 0 saturated carbocycles. The number of rotatable bonds is 2. The van der Waals surface area contributed by atoms with Gasteiger partial charge in [0.25, 0.3) is 0 Å². The molecule has 1 unspecified atom stereocenters. The minimum Gasteiger partial charge on any atom is -0.496 e. The fourth-order valence-corrected chi connectivity index (χ4v) is 5.02. The van der Waals surface area contributed by atoms with Crippen molar-refractivity contribution >= 4 is 11.9 Å². The minimum absolute atomic E-state index is 0.136. The highest BCUT2D eigenvalue weighted by atomic mass is 16.5. The van der Waals surface area contributed by atoms with E-state index in [0.717, 1.165) is 43.4 Å². The number of hydrogen-bond donors (Lipinski definition) is 1. The third-order valence-corrected chi connectivity index (χ3v) is 6.50. The highest BCUT2D eigenvalue weighted by Crippen LogP contribution is 2.46. The Morgan fingerprint density at radius 1 is 1.21 bits per heavy atom. The van der Waals surface area contributed by atoms with Gasteiger partial charge in [0.2, 0.25) is 5.91 Å². The first-order valence-electron chi connectivity index (χ1n) is 10.2. The van der Waals surface area contributed by atoms with Gasteiger partial charge in [0.1, 0.15) is 11.4 Å². The number of primary amides is 1. The van der Waals surface area contributed by atoms with Crippen LogP contribution in [0, 0.1) is 5.92 Å². The normalized spacial score (nSPS) is 24.0. The van der Waals surface area contributed by atoms with Gasteiger partial charge in [0, 0.05) is 31.7 Å². The molecule has 3 amide bonds. The molecule has 28 heavy (non-hydrogen) atoms. The van der Waals surface area contributed by atoms with E-state index in [9.17, 15) is 9.59 Å². The first-order chi connectivity index (χ1) is 13.5. The Balaban J connectivity index is 1.47. The van der Waals surface area contributed by atoms with Crippen molar-refractivity contribution in [3.05, 3.63) is 29.3 Å². The second kappa shape index (κ2) is 7.62. The van der Waals surface area contributed by atoms with Crippen LogP contribution in [0.25, 0.3) is 0 Å². The first-order valence-corrected chi connectivity index (χ1v) is 10.2. The highest BCUT2D eigenvalue weighted by molar-refractivity contribution is 5.80. The van der Waals surface area contributed by atoms with Crippen LogP contribution in [-0.2, 0) is 21.6 Å². The molecule has 2 fully saturated rings. The number of hydrogen-bond acceptors (Lipinski definition) is 4. The van der Waals surface area contributed by atoms with E-state index in [0.29, 0.717) is 32.8 Å². The van der Waals surface area contributed by atoms with Gasteiger partial charge in [-0.1, -0.05) is 12.1 Å². The van der Waals surface area contributed by atoms with Crippen molar-refractivity contribution < 1.29 is 19.1 Å². The average Bonchev–Trinajstić information content (AvgIpc) is 2.73. The van der Waals surface area contributed by atoms with Crippen LogP contribution < -0.4 is 10.5 Å². The molecule has 1 atom stereocenters. The lowest BCUT2D eigenvalue weighted by Gasteiger charge is -2.46. The predicted octanol–water partition coefficient (Wildman–Crippen LogP) is 1.88. The Kier molecular flexibility index (Phi) is 5.19. The number of benzene rings is 1. The number of methoxy groups -OCH3 is 1. The van der Waals surface area contributed by atoms with Gasteiger partial charge in [0.05, 0.1) is 19.6 Å². The van der Waals surface area contributed by atoms with Gasteiger partial charge in [-0.15, -0.1) is 0 Å². The molecule has 7 nitrogen and oxygen atoms in total. The molecular formula is C21H29N3O4. The van der Waals surface area contributed by atoms with Gasteiger partial charge in [-0.05, 0) is 43.7 Å². The molecule has 0 bridgehead atoms. The third kappa shape index (κ3) is 3.32. The summed E-state index contributed by atoms with van der Waals surface area (Å²) in [7, 11) is 1.70. The molecule has 2 N–H and O–H groups in total. The van der Waals surface area contributed by atoms with Crippen LogP contribution in [0.1, 0.15) is 36.8 Å². The maximum atomic E-state index is 13.0.